The molecule has 0 bridgehead atoms. The van der Waals surface area contributed by atoms with Crippen molar-refractivity contribution in [1.82, 2.24) is 14.7 Å². The lowest BCUT2D eigenvalue weighted by Gasteiger charge is -2.12. The van der Waals surface area contributed by atoms with Crippen LogP contribution in [0.25, 0.3) is 5.69 Å². The first-order chi connectivity index (χ1) is 13.6. The molecule has 0 radical (unpaired) electrons. The molecule has 0 amide bonds. The summed E-state index contributed by atoms with van der Waals surface area (Å²) in [5.41, 5.74) is 3.96. The van der Waals surface area contributed by atoms with Gasteiger partial charge in [0.25, 0.3) is 0 Å². The van der Waals surface area contributed by atoms with Crippen molar-refractivity contribution < 1.29 is 4.74 Å². The van der Waals surface area contributed by atoms with Crippen molar-refractivity contribution in [3.05, 3.63) is 64.8 Å². The quantitative estimate of drug-likeness (QED) is 0.412. The average Bonchev–Trinajstić information content (AvgIpc) is 3.35. The maximum absolute atomic E-state index is 6.06. The second kappa shape index (κ2) is 8.07. The maximum Gasteiger partial charge on any atom is 0.238 e. The van der Waals surface area contributed by atoms with E-state index in [0.29, 0.717) is 10.9 Å². The number of hydrogen-bond donors (Lipinski definition) is 0. The van der Waals surface area contributed by atoms with Crippen molar-refractivity contribution >= 4 is 23.6 Å². The van der Waals surface area contributed by atoms with E-state index < -0.39 is 0 Å². The molecule has 3 aromatic rings. The molecular formula is C22H23ClN4O. The normalized spacial score (nSPS) is 14.2. The Kier molecular flexibility index (Phi) is 5.35. The van der Waals surface area contributed by atoms with Crippen LogP contribution in [-0.2, 0) is 0 Å². The summed E-state index contributed by atoms with van der Waals surface area (Å²) in [4.78, 5) is 6.93. The number of likely N-dealkylation sites (tertiary alicyclic amines) is 1. The summed E-state index contributed by atoms with van der Waals surface area (Å²) in [6, 6.07) is 13.5. The molecule has 28 heavy (non-hydrogen) atoms. The van der Waals surface area contributed by atoms with Gasteiger partial charge in [0.2, 0.25) is 5.88 Å². The fourth-order valence-electron chi connectivity index (χ4n) is 3.26. The highest BCUT2D eigenvalue weighted by Crippen LogP contribution is 2.31. The number of halogens is 1. The third kappa shape index (κ3) is 4.20. The highest BCUT2D eigenvalue weighted by atomic mass is 35.5. The average molecular weight is 395 g/mol. The van der Waals surface area contributed by atoms with Gasteiger partial charge in [-0.15, -0.1) is 5.10 Å². The van der Waals surface area contributed by atoms with Crippen LogP contribution in [0.5, 0.6) is 11.6 Å². The fourth-order valence-corrected chi connectivity index (χ4v) is 3.45. The highest BCUT2D eigenvalue weighted by Gasteiger charge is 2.10. The Bertz CT molecular complexity index is 1010. The van der Waals surface area contributed by atoms with E-state index in [1.165, 1.54) is 12.8 Å². The van der Waals surface area contributed by atoms with Crippen LogP contribution in [0.15, 0.2) is 53.7 Å². The van der Waals surface area contributed by atoms with Crippen LogP contribution in [0.3, 0.4) is 0 Å². The molecule has 2 heterocycles. The molecule has 0 aliphatic carbocycles. The lowest BCUT2D eigenvalue weighted by Crippen LogP contribution is -2.16. The Morgan fingerprint density at radius 1 is 1.07 bits per heavy atom. The first-order valence-electron chi connectivity index (χ1n) is 9.47. The minimum Gasteiger partial charge on any atom is -0.437 e. The van der Waals surface area contributed by atoms with Crippen LogP contribution in [0.2, 0.25) is 5.02 Å². The number of benzene rings is 2. The van der Waals surface area contributed by atoms with Crippen LogP contribution in [-0.4, -0.2) is 34.1 Å². The lowest BCUT2D eigenvalue weighted by molar-refractivity contribution is 0.454. The molecule has 5 nitrogen and oxygen atoms in total. The molecule has 1 fully saturated rings. The monoisotopic (exact) mass is 394 g/mol. The standard InChI is InChI=1S/C22H23ClN4O/c1-16-13-21(17(2)12-20(16)24-15-26-9-3-4-10-26)28-22-8-11-27(25-22)19-7-5-6-18(23)14-19/h5-8,11-15H,3-4,9-10H2,1-2H3/b24-15+. The molecule has 0 saturated carbocycles. The van der Waals surface area contributed by atoms with Gasteiger partial charge in [0, 0.05) is 30.4 Å². The SMILES string of the molecule is Cc1cc(Oc2ccn(-c3cccc(Cl)c3)n2)c(C)cc1/N=C/N1CCCC1. The zero-order valence-electron chi connectivity index (χ0n) is 16.1. The summed E-state index contributed by atoms with van der Waals surface area (Å²) >= 11 is 6.06. The maximum atomic E-state index is 6.06. The Balaban J connectivity index is 1.51. The zero-order valence-corrected chi connectivity index (χ0v) is 16.9. The minimum atomic E-state index is 0.538. The molecule has 1 aliphatic rings. The minimum absolute atomic E-state index is 0.538. The molecule has 0 atom stereocenters. The lowest BCUT2D eigenvalue weighted by atomic mass is 10.1. The summed E-state index contributed by atoms with van der Waals surface area (Å²) < 4.78 is 7.78. The van der Waals surface area contributed by atoms with Crippen molar-refractivity contribution in [2.75, 3.05) is 13.1 Å². The van der Waals surface area contributed by atoms with Gasteiger partial charge in [-0.2, -0.15) is 0 Å². The van der Waals surface area contributed by atoms with E-state index in [9.17, 15) is 0 Å². The van der Waals surface area contributed by atoms with Gasteiger partial charge in [0.05, 0.1) is 17.7 Å². The Hall–Kier alpha value is -2.79. The van der Waals surface area contributed by atoms with Crippen molar-refractivity contribution in [2.24, 2.45) is 4.99 Å². The molecule has 1 aromatic heterocycles. The smallest absolute Gasteiger partial charge is 0.238 e. The van der Waals surface area contributed by atoms with Crippen LogP contribution < -0.4 is 4.74 Å². The predicted molar refractivity (Wildman–Crippen MR) is 114 cm³/mol. The molecule has 1 aliphatic heterocycles. The molecule has 0 unspecified atom stereocenters. The van der Waals surface area contributed by atoms with E-state index in [2.05, 4.69) is 21.1 Å². The van der Waals surface area contributed by atoms with Crippen LogP contribution in [0.4, 0.5) is 5.69 Å². The number of nitrogens with zero attached hydrogens (tertiary/aromatic N) is 4. The van der Waals surface area contributed by atoms with Gasteiger partial charge < -0.3 is 9.64 Å². The number of aryl methyl sites for hydroxylation is 2. The second-order valence-electron chi connectivity index (χ2n) is 7.07. The summed E-state index contributed by atoms with van der Waals surface area (Å²) in [5.74, 6) is 1.32. The molecule has 4 rings (SSSR count). The first kappa shape index (κ1) is 18.6. The van der Waals surface area contributed by atoms with E-state index in [1.54, 1.807) is 4.68 Å². The van der Waals surface area contributed by atoms with Gasteiger partial charge >= 0.3 is 0 Å². The van der Waals surface area contributed by atoms with Gasteiger partial charge in [-0.3, -0.25) is 0 Å². The van der Waals surface area contributed by atoms with Gasteiger partial charge in [-0.05, 0) is 68.1 Å². The molecule has 2 aromatic carbocycles. The highest BCUT2D eigenvalue weighted by molar-refractivity contribution is 6.30. The van der Waals surface area contributed by atoms with E-state index >= 15 is 0 Å². The van der Waals surface area contributed by atoms with Crippen LogP contribution in [0, 0.1) is 13.8 Å². The van der Waals surface area contributed by atoms with Crippen molar-refractivity contribution in [3.8, 4) is 17.3 Å². The fraction of sp³-hybridized carbons (Fsp3) is 0.273. The van der Waals surface area contributed by atoms with Crippen molar-refractivity contribution in [3.63, 3.8) is 0 Å². The second-order valence-corrected chi connectivity index (χ2v) is 7.51. The van der Waals surface area contributed by atoms with Crippen molar-refractivity contribution in [1.29, 1.82) is 0 Å². The Morgan fingerprint density at radius 3 is 2.68 bits per heavy atom. The first-order valence-corrected chi connectivity index (χ1v) is 9.85. The number of ether oxygens (including phenoxy) is 1. The van der Waals surface area contributed by atoms with E-state index in [-0.39, 0.29) is 0 Å². The Morgan fingerprint density at radius 2 is 1.89 bits per heavy atom. The summed E-state index contributed by atoms with van der Waals surface area (Å²) in [6.45, 7) is 6.27. The number of aliphatic imine (C=N–C) groups is 1. The third-order valence-electron chi connectivity index (χ3n) is 4.85. The predicted octanol–water partition coefficient (Wildman–Crippen LogP) is 5.69. The molecule has 0 N–H and O–H groups in total. The molecule has 1 saturated heterocycles. The number of rotatable bonds is 5. The van der Waals surface area contributed by atoms with Crippen molar-refractivity contribution in [2.45, 2.75) is 26.7 Å². The summed E-state index contributed by atoms with van der Waals surface area (Å²) in [6.07, 6.45) is 6.32. The Labute approximate surface area is 170 Å². The van der Waals surface area contributed by atoms with Crippen LogP contribution in [0.1, 0.15) is 24.0 Å². The van der Waals surface area contributed by atoms with Gasteiger partial charge in [-0.1, -0.05) is 17.7 Å². The molecule has 144 valence electrons. The van der Waals surface area contributed by atoms with Crippen LogP contribution >= 0.6 is 11.6 Å². The number of hydrogen-bond acceptors (Lipinski definition) is 3. The zero-order chi connectivity index (χ0) is 19.5. The van der Waals surface area contributed by atoms with E-state index in [0.717, 1.165) is 41.3 Å². The van der Waals surface area contributed by atoms with E-state index in [1.807, 2.05) is 62.8 Å². The summed E-state index contributed by atoms with van der Waals surface area (Å²) in [5, 5.41) is 5.17. The third-order valence-corrected chi connectivity index (χ3v) is 5.08. The van der Waals surface area contributed by atoms with Gasteiger partial charge in [0.15, 0.2) is 0 Å². The molecule has 6 heteroatoms. The topological polar surface area (TPSA) is 42.6 Å². The summed E-state index contributed by atoms with van der Waals surface area (Å²) in [7, 11) is 0. The van der Waals surface area contributed by atoms with Gasteiger partial charge in [-0.25, -0.2) is 9.67 Å². The largest absolute Gasteiger partial charge is 0.437 e. The number of aromatic nitrogens is 2. The molecule has 0 spiro atoms. The molecular weight excluding hydrogens is 372 g/mol. The van der Waals surface area contributed by atoms with Gasteiger partial charge in [0.1, 0.15) is 5.75 Å². The van der Waals surface area contributed by atoms with E-state index in [4.69, 9.17) is 16.3 Å².